The number of carbonyl (C=O) groups excluding carboxylic acids is 1. The van der Waals surface area contributed by atoms with Gasteiger partial charge in [-0.05, 0) is 26.1 Å². The maximum absolute atomic E-state index is 11.8. The summed E-state index contributed by atoms with van der Waals surface area (Å²) in [4.78, 5) is 14.2. The van der Waals surface area contributed by atoms with Crippen molar-refractivity contribution in [3.63, 3.8) is 0 Å². The lowest BCUT2D eigenvalue weighted by Gasteiger charge is -2.17. The average Bonchev–Trinajstić information content (AvgIpc) is 2.40. The lowest BCUT2D eigenvalue weighted by Crippen LogP contribution is -2.24. The zero-order valence-corrected chi connectivity index (χ0v) is 11.5. The Kier molecular flexibility index (Phi) is 6.97. The van der Waals surface area contributed by atoms with E-state index in [4.69, 9.17) is 0 Å². The molecule has 2 nitrogen and oxygen atoms in total. The highest BCUT2D eigenvalue weighted by molar-refractivity contribution is 8.14. The maximum atomic E-state index is 11.8. The molecule has 1 aromatic carbocycles. The molecule has 0 radical (unpaired) electrons. The van der Waals surface area contributed by atoms with Crippen LogP contribution in [0.4, 0.5) is 0 Å². The average molecular weight is 251 g/mol. The topological polar surface area (TPSA) is 20.3 Å². The molecule has 1 rings (SSSR count). The van der Waals surface area contributed by atoms with Gasteiger partial charge in [0.2, 0.25) is 5.12 Å². The third-order valence-electron chi connectivity index (χ3n) is 2.76. The highest BCUT2D eigenvalue weighted by Gasteiger charge is 2.05. The lowest BCUT2D eigenvalue weighted by atomic mass is 10.2. The Morgan fingerprint density at radius 2 is 1.82 bits per heavy atom. The molecule has 0 atom stereocenters. The van der Waals surface area contributed by atoms with E-state index in [1.165, 1.54) is 11.8 Å². The smallest absolute Gasteiger partial charge is 0.219 e. The minimum absolute atomic E-state index is 0.185. The van der Waals surface area contributed by atoms with Gasteiger partial charge in [-0.3, -0.25) is 4.79 Å². The van der Waals surface area contributed by atoms with Gasteiger partial charge < -0.3 is 4.90 Å². The van der Waals surface area contributed by atoms with Crippen molar-refractivity contribution in [2.75, 3.05) is 25.4 Å². The van der Waals surface area contributed by atoms with E-state index in [1.54, 1.807) is 0 Å². The van der Waals surface area contributed by atoms with Crippen LogP contribution in [0.2, 0.25) is 0 Å². The second-order valence-electron chi connectivity index (χ2n) is 3.88. The molecule has 94 valence electrons. The number of carbonyl (C=O) groups is 1. The van der Waals surface area contributed by atoms with E-state index < -0.39 is 0 Å². The first-order valence-electron chi connectivity index (χ1n) is 6.22. The number of hydrogen-bond donors (Lipinski definition) is 0. The minimum Gasteiger partial charge on any atom is -0.304 e. The normalized spacial score (nSPS) is 10.8. The summed E-state index contributed by atoms with van der Waals surface area (Å²) in [6, 6.07) is 9.49. The van der Waals surface area contributed by atoms with E-state index in [9.17, 15) is 4.79 Å². The van der Waals surface area contributed by atoms with Crippen molar-refractivity contribution in [2.45, 2.75) is 20.3 Å². The van der Waals surface area contributed by atoms with Crippen molar-refractivity contribution in [1.82, 2.24) is 4.90 Å². The van der Waals surface area contributed by atoms with Gasteiger partial charge in [0.1, 0.15) is 0 Å². The fraction of sp³-hybridized carbons (Fsp3) is 0.500. The number of benzene rings is 1. The largest absolute Gasteiger partial charge is 0.304 e. The summed E-state index contributed by atoms with van der Waals surface area (Å²) >= 11 is 1.43. The molecule has 17 heavy (non-hydrogen) atoms. The SMILES string of the molecule is CCN(CC)CCCSC(=O)c1ccccc1. The molecule has 0 saturated heterocycles. The predicted octanol–water partition coefficient (Wildman–Crippen LogP) is 3.29. The van der Waals surface area contributed by atoms with Crippen molar-refractivity contribution < 1.29 is 4.79 Å². The summed E-state index contributed by atoms with van der Waals surface area (Å²) < 4.78 is 0. The molecule has 0 spiro atoms. The Morgan fingerprint density at radius 3 is 2.41 bits per heavy atom. The predicted molar refractivity (Wildman–Crippen MR) is 75.6 cm³/mol. The summed E-state index contributed by atoms with van der Waals surface area (Å²) in [5.74, 6) is 0.907. The molecule has 1 aromatic rings. The molecular formula is C14H21NOS. The molecule has 0 aliphatic heterocycles. The third kappa shape index (κ3) is 5.37. The standard InChI is InChI=1S/C14H21NOS/c1-3-15(4-2)11-8-12-17-14(16)13-9-6-5-7-10-13/h5-7,9-10H,3-4,8,11-12H2,1-2H3. The molecule has 0 N–H and O–H groups in total. The number of nitrogens with zero attached hydrogens (tertiary/aromatic N) is 1. The number of hydrogen-bond acceptors (Lipinski definition) is 3. The maximum Gasteiger partial charge on any atom is 0.219 e. The zero-order valence-electron chi connectivity index (χ0n) is 10.7. The van der Waals surface area contributed by atoms with Crippen LogP contribution in [0.5, 0.6) is 0 Å². The third-order valence-corrected chi connectivity index (χ3v) is 3.75. The minimum atomic E-state index is 0.185. The van der Waals surface area contributed by atoms with Gasteiger partial charge in [0.25, 0.3) is 0 Å². The van der Waals surface area contributed by atoms with Crippen LogP contribution in [-0.4, -0.2) is 35.4 Å². The van der Waals surface area contributed by atoms with Crippen LogP contribution in [0, 0.1) is 0 Å². The lowest BCUT2D eigenvalue weighted by molar-refractivity contribution is 0.108. The van der Waals surface area contributed by atoms with Crippen LogP contribution in [0.3, 0.4) is 0 Å². The molecule has 3 heteroatoms. The summed E-state index contributed by atoms with van der Waals surface area (Å²) in [5.41, 5.74) is 0.806. The van der Waals surface area contributed by atoms with Gasteiger partial charge in [0.15, 0.2) is 0 Å². The van der Waals surface area contributed by atoms with E-state index in [2.05, 4.69) is 18.7 Å². The Bertz CT molecular complexity index is 322. The molecule has 0 fully saturated rings. The van der Waals surface area contributed by atoms with Gasteiger partial charge in [0, 0.05) is 11.3 Å². The number of thioether (sulfide) groups is 1. The summed E-state index contributed by atoms with van der Waals surface area (Å²) in [6.45, 7) is 7.61. The van der Waals surface area contributed by atoms with Gasteiger partial charge in [-0.15, -0.1) is 0 Å². The van der Waals surface area contributed by atoms with Crippen molar-refractivity contribution in [3.8, 4) is 0 Å². The van der Waals surface area contributed by atoms with E-state index in [1.807, 2.05) is 30.3 Å². The summed E-state index contributed by atoms with van der Waals surface area (Å²) in [6.07, 6.45) is 1.07. The molecular weight excluding hydrogens is 230 g/mol. The van der Waals surface area contributed by atoms with Gasteiger partial charge >= 0.3 is 0 Å². The van der Waals surface area contributed by atoms with E-state index in [-0.39, 0.29) is 5.12 Å². The van der Waals surface area contributed by atoms with Gasteiger partial charge in [-0.1, -0.05) is 55.9 Å². The van der Waals surface area contributed by atoms with Crippen LogP contribution in [0.15, 0.2) is 30.3 Å². The molecule has 0 unspecified atom stereocenters. The van der Waals surface area contributed by atoms with E-state index >= 15 is 0 Å². The van der Waals surface area contributed by atoms with Crippen molar-refractivity contribution in [1.29, 1.82) is 0 Å². The molecule has 0 bridgehead atoms. The van der Waals surface area contributed by atoms with Crippen molar-refractivity contribution >= 4 is 16.9 Å². The molecule has 0 saturated carbocycles. The monoisotopic (exact) mass is 251 g/mol. The number of rotatable bonds is 7. The van der Waals surface area contributed by atoms with Crippen LogP contribution in [0.1, 0.15) is 30.6 Å². The summed E-state index contributed by atoms with van der Waals surface area (Å²) in [7, 11) is 0. The Balaban J connectivity index is 2.21. The molecule has 0 aromatic heterocycles. The van der Waals surface area contributed by atoms with E-state index in [0.717, 1.165) is 37.4 Å². The van der Waals surface area contributed by atoms with Crippen LogP contribution in [-0.2, 0) is 0 Å². The van der Waals surface area contributed by atoms with Gasteiger partial charge in [-0.25, -0.2) is 0 Å². The molecule has 0 heterocycles. The van der Waals surface area contributed by atoms with Crippen LogP contribution in [0.25, 0.3) is 0 Å². The highest BCUT2D eigenvalue weighted by Crippen LogP contribution is 2.13. The first-order chi connectivity index (χ1) is 8.27. The summed E-state index contributed by atoms with van der Waals surface area (Å²) in [5, 5.41) is 0.185. The Hall–Kier alpha value is -0.800. The first kappa shape index (κ1) is 14.3. The molecule has 0 aliphatic carbocycles. The Morgan fingerprint density at radius 1 is 1.18 bits per heavy atom. The fourth-order valence-electron chi connectivity index (χ4n) is 1.65. The zero-order chi connectivity index (χ0) is 12.5. The molecule has 0 amide bonds. The quantitative estimate of drug-likeness (QED) is 0.694. The highest BCUT2D eigenvalue weighted by atomic mass is 32.2. The van der Waals surface area contributed by atoms with Crippen LogP contribution >= 0.6 is 11.8 Å². The second-order valence-corrected chi connectivity index (χ2v) is 4.95. The second kappa shape index (κ2) is 8.31. The van der Waals surface area contributed by atoms with Crippen LogP contribution < -0.4 is 0 Å². The van der Waals surface area contributed by atoms with Crippen molar-refractivity contribution in [3.05, 3.63) is 35.9 Å². The van der Waals surface area contributed by atoms with E-state index in [0.29, 0.717) is 0 Å². The fourth-order valence-corrected chi connectivity index (χ4v) is 2.41. The van der Waals surface area contributed by atoms with Crippen molar-refractivity contribution in [2.24, 2.45) is 0 Å². The van der Waals surface area contributed by atoms with Gasteiger partial charge in [-0.2, -0.15) is 0 Å². The van der Waals surface area contributed by atoms with Gasteiger partial charge in [0.05, 0.1) is 0 Å². The first-order valence-corrected chi connectivity index (χ1v) is 7.21. The Labute approximate surface area is 108 Å². The molecule has 0 aliphatic rings.